The third kappa shape index (κ3) is 3.69. The molecule has 7 nitrogen and oxygen atoms in total. The first-order valence-electron chi connectivity index (χ1n) is 8.56. The molecule has 1 amide bonds. The molecule has 2 aliphatic heterocycles. The molecule has 2 N–H and O–H groups in total. The van der Waals surface area contributed by atoms with Crippen LogP contribution in [0.4, 0.5) is 0 Å². The molecule has 1 saturated heterocycles. The average Bonchev–Trinajstić information content (AvgIpc) is 2.91. The molecule has 1 unspecified atom stereocenters. The minimum absolute atomic E-state index is 0.0332. The third-order valence-electron chi connectivity index (χ3n) is 4.85. The number of hydrogen-bond donors (Lipinski definition) is 2. The lowest BCUT2D eigenvalue weighted by atomic mass is 9.95. The van der Waals surface area contributed by atoms with Crippen molar-refractivity contribution in [3.8, 4) is 0 Å². The number of carbonyl (C=O) groups excluding carboxylic acids is 1. The van der Waals surface area contributed by atoms with Gasteiger partial charge in [0.1, 0.15) is 4.90 Å². The molecule has 0 aromatic heterocycles. The van der Waals surface area contributed by atoms with E-state index in [1.165, 1.54) is 0 Å². The van der Waals surface area contributed by atoms with Crippen LogP contribution in [0.15, 0.2) is 33.6 Å². The number of amides is 1. The van der Waals surface area contributed by atoms with Crippen molar-refractivity contribution in [1.29, 1.82) is 0 Å². The summed E-state index contributed by atoms with van der Waals surface area (Å²) in [6.07, 6.45) is 1.39. The lowest BCUT2D eigenvalue weighted by molar-refractivity contribution is -0.126. The highest BCUT2D eigenvalue weighted by molar-refractivity contribution is 7.90. The van der Waals surface area contributed by atoms with E-state index in [1.54, 1.807) is 18.2 Å². The Labute approximate surface area is 148 Å². The SMILES string of the molecule is CNC(C)CNC(=O)C1CCN(C2=NS(=O)(=O)c3ccccc32)CC1. The molecule has 136 valence electrons. The largest absolute Gasteiger partial charge is 0.355 e. The summed E-state index contributed by atoms with van der Waals surface area (Å²) in [5.74, 6) is 0.551. The van der Waals surface area contributed by atoms with E-state index in [0.717, 1.165) is 0 Å². The van der Waals surface area contributed by atoms with Crippen LogP contribution in [0.5, 0.6) is 0 Å². The summed E-state index contributed by atoms with van der Waals surface area (Å²) in [6, 6.07) is 7.13. The van der Waals surface area contributed by atoms with Crippen LogP contribution in [0.1, 0.15) is 25.3 Å². The molecular formula is C17H24N4O3S. The monoisotopic (exact) mass is 364 g/mol. The number of piperidine rings is 1. The fourth-order valence-electron chi connectivity index (χ4n) is 3.17. The van der Waals surface area contributed by atoms with Crippen molar-refractivity contribution in [1.82, 2.24) is 15.5 Å². The Morgan fingerprint density at radius 3 is 2.68 bits per heavy atom. The van der Waals surface area contributed by atoms with Gasteiger partial charge in [-0.1, -0.05) is 12.1 Å². The molecule has 0 saturated carbocycles. The van der Waals surface area contributed by atoms with Gasteiger partial charge in [-0.15, -0.1) is 4.40 Å². The first-order chi connectivity index (χ1) is 11.9. The van der Waals surface area contributed by atoms with Gasteiger partial charge in [-0.3, -0.25) is 4.79 Å². The third-order valence-corrected chi connectivity index (χ3v) is 6.18. The van der Waals surface area contributed by atoms with E-state index >= 15 is 0 Å². The molecule has 2 heterocycles. The smallest absolute Gasteiger partial charge is 0.285 e. The fourth-order valence-corrected chi connectivity index (χ4v) is 4.40. The van der Waals surface area contributed by atoms with Gasteiger partial charge >= 0.3 is 0 Å². The summed E-state index contributed by atoms with van der Waals surface area (Å²) in [7, 11) is -1.73. The van der Waals surface area contributed by atoms with E-state index in [4.69, 9.17) is 0 Å². The van der Waals surface area contributed by atoms with Crippen molar-refractivity contribution in [3.63, 3.8) is 0 Å². The van der Waals surface area contributed by atoms with Crippen LogP contribution in [0.2, 0.25) is 0 Å². The standard InChI is InChI=1S/C17H24N4O3S/c1-12(18-2)11-19-17(22)13-7-9-21(10-8-13)16-14-5-3-4-6-15(14)25(23,24)20-16/h3-6,12-13,18H,7-11H2,1-2H3,(H,19,22). The lowest BCUT2D eigenvalue weighted by Crippen LogP contribution is -2.45. The minimum atomic E-state index is -3.59. The molecule has 0 radical (unpaired) electrons. The van der Waals surface area contributed by atoms with Gasteiger partial charge in [-0.2, -0.15) is 8.42 Å². The van der Waals surface area contributed by atoms with E-state index in [2.05, 4.69) is 15.0 Å². The Morgan fingerprint density at radius 2 is 2.00 bits per heavy atom. The molecule has 8 heteroatoms. The van der Waals surface area contributed by atoms with Gasteiger partial charge in [-0.05, 0) is 38.9 Å². The number of likely N-dealkylation sites (N-methyl/N-ethyl adjacent to an activating group) is 1. The number of likely N-dealkylation sites (tertiary alicyclic amines) is 1. The van der Waals surface area contributed by atoms with E-state index in [-0.39, 0.29) is 22.8 Å². The molecule has 1 aromatic rings. The molecule has 25 heavy (non-hydrogen) atoms. The van der Waals surface area contributed by atoms with E-state index in [9.17, 15) is 13.2 Å². The Hall–Kier alpha value is -1.93. The second kappa shape index (κ2) is 7.13. The first-order valence-corrected chi connectivity index (χ1v) is 10.0. The van der Waals surface area contributed by atoms with Crippen molar-refractivity contribution in [2.24, 2.45) is 10.3 Å². The highest BCUT2D eigenvalue weighted by atomic mass is 32.2. The van der Waals surface area contributed by atoms with Gasteiger partial charge in [0.05, 0.1) is 0 Å². The van der Waals surface area contributed by atoms with Gasteiger partial charge in [0.2, 0.25) is 5.91 Å². The van der Waals surface area contributed by atoms with Crippen molar-refractivity contribution in [2.75, 3.05) is 26.7 Å². The number of rotatable bonds is 4. The van der Waals surface area contributed by atoms with E-state index in [0.29, 0.717) is 43.9 Å². The Bertz CT molecular complexity index is 783. The highest BCUT2D eigenvalue weighted by Gasteiger charge is 2.34. The number of sulfonamides is 1. The van der Waals surface area contributed by atoms with Gasteiger partial charge in [-0.25, -0.2) is 0 Å². The summed E-state index contributed by atoms with van der Waals surface area (Å²) in [5, 5.41) is 6.06. The Balaban J connectivity index is 1.63. The maximum absolute atomic E-state index is 12.3. The van der Waals surface area contributed by atoms with Gasteiger partial charge in [0.15, 0.2) is 5.84 Å². The molecule has 2 aliphatic rings. The molecule has 0 aliphatic carbocycles. The topological polar surface area (TPSA) is 90.9 Å². The number of nitrogens with one attached hydrogen (secondary N) is 2. The number of hydrogen-bond acceptors (Lipinski definition) is 5. The first kappa shape index (κ1) is 17.9. The molecule has 1 fully saturated rings. The van der Waals surface area contributed by atoms with Crippen LogP contribution >= 0.6 is 0 Å². The molecular weight excluding hydrogens is 340 g/mol. The predicted molar refractivity (Wildman–Crippen MR) is 96.0 cm³/mol. The van der Waals surface area contributed by atoms with Crippen LogP contribution in [-0.4, -0.2) is 57.8 Å². The number of fused-ring (bicyclic) bond motifs is 1. The lowest BCUT2D eigenvalue weighted by Gasteiger charge is -2.32. The van der Waals surface area contributed by atoms with E-state index in [1.807, 2.05) is 24.9 Å². The summed E-state index contributed by atoms with van der Waals surface area (Å²) in [6.45, 7) is 3.87. The minimum Gasteiger partial charge on any atom is -0.355 e. The second-order valence-electron chi connectivity index (χ2n) is 6.58. The van der Waals surface area contributed by atoms with Crippen LogP contribution < -0.4 is 10.6 Å². The summed E-state index contributed by atoms with van der Waals surface area (Å²) in [4.78, 5) is 14.5. The highest BCUT2D eigenvalue weighted by Crippen LogP contribution is 2.29. The van der Waals surface area contributed by atoms with Crippen molar-refractivity contribution in [2.45, 2.75) is 30.7 Å². The van der Waals surface area contributed by atoms with Crippen molar-refractivity contribution < 1.29 is 13.2 Å². The van der Waals surface area contributed by atoms with Crippen LogP contribution in [0.3, 0.4) is 0 Å². The maximum atomic E-state index is 12.3. The van der Waals surface area contributed by atoms with Crippen LogP contribution in [0, 0.1) is 5.92 Å². The van der Waals surface area contributed by atoms with Crippen molar-refractivity contribution in [3.05, 3.63) is 29.8 Å². The maximum Gasteiger partial charge on any atom is 0.285 e. The van der Waals surface area contributed by atoms with Crippen molar-refractivity contribution >= 4 is 21.8 Å². The summed E-state index contributed by atoms with van der Waals surface area (Å²) >= 11 is 0. The number of amidine groups is 1. The van der Waals surface area contributed by atoms with Gasteiger partial charge in [0.25, 0.3) is 10.0 Å². The zero-order chi connectivity index (χ0) is 18.0. The second-order valence-corrected chi connectivity index (χ2v) is 8.15. The molecule has 1 atom stereocenters. The molecule has 3 rings (SSSR count). The summed E-state index contributed by atoms with van der Waals surface area (Å²) in [5.41, 5.74) is 0.660. The van der Waals surface area contributed by atoms with Crippen LogP contribution in [0.25, 0.3) is 0 Å². The fraction of sp³-hybridized carbons (Fsp3) is 0.529. The van der Waals surface area contributed by atoms with Gasteiger partial charge < -0.3 is 15.5 Å². The summed E-state index contributed by atoms with van der Waals surface area (Å²) < 4.78 is 28.3. The van der Waals surface area contributed by atoms with E-state index < -0.39 is 10.0 Å². The molecule has 0 bridgehead atoms. The molecule has 1 aromatic carbocycles. The predicted octanol–water partition coefficient (Wildman–Crippen LogP) is 0.572. The quantitative estimate of drug-likeness (QED) is 0.815. The Kier molecular flexibility index (Phi) is 5.10. The number of benzene rings is 1. The molecule has 0 spiro atoms. The number of carbonyl (C=O) groups is 1. The zero-order valence-corrected chi connectivity index (χ0v) is 15.3. The average molecular weight is 364 g/mol. The zero-order valence-electron chi connectivity index (χ0n) is 14.5. The Morgan fingerprint density at radius 1 is 1.32 bits per heavy atom. The number of nitrogens with zero attached hydrogens (tertiary/aromatic N) is 2. The van der Waals surface area contributed by atoms with Crippen LogP contribution in [-0.2, 0) is 14.8 Å². The normalized spacial score (nSPS) is 20.7. The van der Waals surface area contributed by atoms with Gasteiger partial charge in [0, 0.05) is 37.2 Å².